The highest BCUT2D eigenvalue weighted by atomic mass is 16.3. The van der Waals surface area contributed by atoms with E-state index in [1.807, 2.05) is 18.2 Å². The molecule has 0 saturated carbocycles. The third kappa shape index (κ3) is 1.62. The van der Waals surface area contributed by atoms with Crippen LogP contribution in [0.1, 0.15) is 11.6 Å². The number of aliphatic hydroxyl groups excluding tert-OH is 1. The van der Waals surface area contributed by atoms with Crippen LogP contribution in [0.4, 0.5) is 0 Å². The van der Waals surface area contributed by atoms with E-state index in [1.165, 1.54) is 10.8 Å². The molecule has 14 heavy (non-hydrogen) atoms. The average molecular weight is 188 g/mol. The van der Waals surface area contributed by atoms with E-state index in [0.29, 0.717) is 0 Å². The summed E-state index contributed by atoms with van der Waals surface area (Å²) >= 11 is 0. The molecule has 0 heterocycles. The van der Waals surface area contributed by atoms with Gasteiger partial charge < -0.3 is 10.8 Å². The van der Waals surface area contributed by atoms with E-state index >= 15 is 0 Å². The van der Waals surface area contributed by atoms with Gasteiger partial charge in [0.05, 0.1) is 6.61 Å². The minimum atomic E-state index is -0.0281. The Morgan fingerprint density at radius 3 is 2.50 bits per heavy atom. The second kappa shape index (κ2) is 3.78. The van der Waals surface area contributed by atoms with Crippen LogP contribution in [0.5, 0.6) is 0 Å². The van der Waals surface area contributed by atoms with Gasteiger partial charge in [-0.15, -0.1) is 0 Å². The number of hydrogen-bond acceptors (Lipinski definition) is 1. The van der Waals surface area contributed by atoms with Gasteiger partial charge in [-0.3, -0.25) is 0 Å². The standard InChI is InChI=1S/C12H13NO/c13-12(8-14)11-6-5-9-3-1-2-4-10(9)7-11/h1-7,12,14H,8,13H2/p+1/t12-/m1/s1. The molecule has 2 aromatic carbocycles. The lowest BCUT2D eigenvalue weighted by Crippen LogP contribution is -2.55. The van der Waals surface area contributed by atoms with E-state index in [4.69, 9.17) is 5.11 Å². The first-order chi connectivity index (χ1) is 6.81. The molecule has 0 radical (unpaired) electrons. The molecule has 0 aliphatic rings. The first kappa shape index (κ1) is 9.19. The molecule has 0 fully saturated rings. The molecule has 4 N–H and O–H groups in total. The third-order valence-corrected chi connectivity index (χ3v) is 2.47. The summed E-state index contributed by atoms with van der Waals surface area (Å²) in [5.74, 6) is 0. The van der Waals surface area contributed by atoms with Crippen molar-refractivity contribution < 1.29 is 10.8 Å². The Morgan fingerprint density at radius 2 is 1.79 bits per heavy atom. The monoisotopic (exact) mass is 188 g/mol. The SMILES string of the molecule is [NH3+][C@H](CO)c1ccc2ccccc2c1. The molecule has 2 rings (SSSR count). The fourth-order valence-electron chi connectivity index (χ4n) is 1.57. The highest BCUT2D eigenvalue weighted by Gasteiger charge is 2.07. The van der Waals surface area contributed by atoms with Crippen molar-refractivity contribution in [2.75, 3.05) is 6.61 Å². The molecular weight excluding hydrogens is 174 g/mol. The lowest BCUT2D eigenvalue weighted by Gasteiger charge is -2.06. The van der Waals surface area contributed by atoms with Crippen LogP contribution in [0.15, 0.2) is 42.5 Å². The van der Waals surface area contributed by atoms with Crippen LogP contribution in [0.2, 0.25) is 0 Å². The van der Waals surface area contributed by atoms with Crippen LogP contribution < -0.4 is 5.73 Å². The fourth-order valence-corrected chi connectivity index (χ4v) is 1.57. The maximum Gasteiger partial charge on any atom is 0.133 e. The zero-order chi connectivity index (χ0) is 9.97. The minimum absolute atomic E-state index is 0.0281. The van der Waals surface area contributed by atoms with E-state index in [-0.39, 0.29) is 12.6 Å². The summed E-state index contributed by atoms with van der Waals surface area (Å²) in [7, 11) is 0. The van der Waals surface area contributed by atoms with E-state index in [0.717, 1.165) is 5.56 Å². The second-order valence-corrected chi connectivity index (χ2v) is 3.49. The summed E-state index contributed by atoms with van der Waals surface area (Å²) < 4.78 is 0. The van der Waals surface area contributed by atoms with Crippen molar-refractivity contribution >= 4 is 10.8 Å². The summed E-state index contributed by atoms with van der Waals surface area (Å²) in [6.07, 6.45) is 0. The van der Waals surface area contributed by atoms with Gasteiger partial charge in [0.1, 0.15) is 6.04 Å². The molecule has 0 aliphatic heterocycles. The summed E-state index contributed by atoms with van der Waals surface area (Å²) in [4.78, 5) is 0. The van der Waals surface area contributed by atoms with Crippen LogP contribution in [0.25, 0.3) is 10.8 Å². The van der Waals surface area contributed by atoms with Crippen LogP contribution in [-0.2, 0) is 0 Å². The normalized spacial score (nSPS) is 13.0. The van der Waals surface area contributed by atoms with Crippen LogP contribution in [0.3, 0.4) is 0 Å². The molecular formula is C12H14NO+. The number of hydrogen-bond donors (Lipinski definition) is 2. The number of rotatable bonds is 2. The Bertz CT molecular complexity index is 439. The topological polar surface area (TPSA) is 47.9 Å². The number of fused-ring (bicyclic) bond motifs is 1. The van der Waals surface area contributed by atoms with Crippen molar-refractivity contribution in [1.29, 1.82) is 0 Å². The molecule has 0 amide bonds. The smallest absolute Gasteiger partial charge is 0.133 e. The highest BCUT2D eigenvalue weighted by molar-refractivity contribution is 5.83. The van der Waals surface area contributed by atoms with Gasteiger partial charge in [-0.05, 0) is 16.8 Å². The lowest BCUT2D eigenvalue weighted by molar-refractivity contribution is -0.432. The van der Waals surface area contributed by atoms with Crippen molar-refractivity contribution in [2.45, 2.75) is 6.04 Å². The Kier molecular flexibility index (Phi) is 2.48. The predicted octanol–water partition coefficient (Wildman–Crippen LogP) is 1.12. The van der Waals surface area contributed by atoms with Crippen LogP contribution in [0, 0.1) is 0 Å². The number of aliphatic hydroxyl groups is 1. The quantitative estimate of drug-likeness (QED) is 0.728. The van der Waals surface area contributed by atoms with E-state index in [1.54, 1.807) is 0 Å². The summed E-state index contributed by atoms with van der Waals surface area (Å²) in [6, 6.07) is 14.3. The zero-order valence-corrected chi connectivity index (χ0v) is 7.98. The van der Waals surface area contributed by atoms with Gasteiger partial charge >= 0.3 is 0 Å². The Hall–Kier alpha value is -1.38. The van der Waals surface area contributed by atoms with Crippen molar-refractivity contribution in [3.05, 3.63) is 48.0 Å². The Labute approximate surface area is 83.0 Å². The molecule has 0 unspecified atom stereocenters. The summed E-state index contributed by atoms with van der Waals surface area (Å²) in [5.41, 5.74) is 4.97. The summed E-state index contributed by atoms with van der Waals surface area (Å²) in [5, 5.41) is 11.4. The molecule has 2 nitrogen and oxygen atoms in total. The van der Waals surface area contributed by atoms with Gasteiger partial charge in [-0.25, -0.2) is 0 Å². The fraction of sp³-hybridized carbons (Fsp3) is 0.167. The summed E-state index contributed by atoms with van der Waals surface area (Å²) in [6.45, 7) is 0.0956. The highest BCUT2D eigenvalue weighted by Crippen LogP contribution is 2.18. The van der Waals surface area contributed by atoms with Crippen molar-refractivity contribution in [3.63, 3.8) is 0 Å². The molecule has 2 aromatic rings. The Morgan fingerprint density at radius 1 is 1.07 bits per heavy atom. The van der Waals surface area contributed by atoms with Gasteiger partial charge in [0, 0.05) is 5.56 Å². The molecule has 0 spiro atoms. The first-order valence-electron chi connectivity index (χ1n) is 4.74. The molecule has 72 valence electrons. The van der Waals surface area contributed by atoms with E-state index in [9.17, 15) is 0 Å². The molecule has 0 bridgehead atoms. The van der Waals surface area contributed by atoms with Gasteiger partial charge in [-0.2, -0.15) is 0 Å². The largest absolute Gasteiger partial charge is 0.390 e. The van der Waals surface area contributed by atoms with Crippen molar-refractivity contribution in [3.8, 4) is 0 Å². The van der Waals surface area contributed by atoms with E-state index < -0.39 is 0 Å². The molecule has 2 heteroatoms. The minimum Gasteiger partial charge on any atom is -0.390 e. The lowest BCUT2D eigenvalue weighted by atomic mass is 10.0. The van der Waals surface area contributed by atoms with E-state index in [2.05, 4.69) is 30.0 Å². The zero-order valence-electron chi connectivity index (χ0n) is 7.98. The average Bonchev–Trinajstić information content (AvgIpc) is 2.27. The predicted molar refractivity (Wildman–Crippen MR) is 56.7 cm³/mol. The Balaban J connectivity index is 2.51. The number of benzene rings is 2. The maximum absolute atomic E-state index is 9.00. The third-order valence-electron chi connectivity index (χ3n) is 2.47. The molecule has 0 aromatic heterocycles. The second-order valence-electron chi connectivity index (χ2n) is 3.49. The molecule has 1 atom stereocenters. The first-order valence-corrected chi connectivity index (χ1v) is 4.74. The van der Waals surface area contributed by atoms with Crippen molar-refractivity contribution in [2.24, 2.45) is 0 Å². The van der Waals surface area contributed by atoms with Gasteiger partial charge in [0.25, 0.3) is 0 Å². The van der Waals surface area contributed by atoms with Gasteiger partial charge in [0.2, 0.25) is 0 Å². The molecule has 0 saturated heterocycles. The molecule has 0 aliphatic carbocycles. The van der Waals surface area contributed by atoms with Gasteiger partial charge in [-0.1, -0.05) is 36.4 Å². The van der Waals surface area contributed by atoms with Crippen molar-refractivity contribution in [1.82, 2.24) is 0 Å². The van der Waals surface area contributed by atoms with Gasteiger partial charge in [0.15, 0.2) is 0 Å². The number of quaternary nitrogens is 1. The van der Waals surface area contributed by atoms with Crippen LogP contribution in [-0.4, -0.2) is 11.7 Å². The van der Waals surface area contributed by atoms with Crippen LogP contribution >= 0.6 is 0 Å². The maximum atomic E-state index is 9.00.